The highest BCUT2D eigenvalue weighted by Gasteiger charge is 2.23. The molecule has 0 radical (unpaired) electrons. The molecule has 0 aliphatic carbocycles. The molecule has 3 aromatic carbocycles. The number of hydrogen-bond acceptors (Lipinski definition) is 4. The third-order valence-corrected chi connectivity index (χ3v) is 6.30. The van der Waals surface area contributed by atoms with E-state index in [0.717, 1.165) is 11.1 Å². The lowest BCUT2D eigenvalue weighted by molar-refractivity contribution is 0.0526. The van der Waals surface area contributed by atoms with Crippen molar-refractivity contribution in [3.63, 3.8) is 0 Å². The Hall–Kier alpha value is -3.32. The third-order valence-electron chi connectivity index (χ3n) is 5.51. The number of hydrogen-bond donors (Lipinski definition) is 1. The fraction of sp³-hybridized carbons (Fsp3) is 0.148. The van der Waals surface area contributed by atoms with Crippen molar-refractivity contribution in [1.82, 2.24) is 15.1 Å². The van der Waals surface area contributed by atoms with Crippen molar-refractivity contribution in [3.8, 4) is 16.9 Å². The standard InChI is InChI=1S/C27H22Cl3N3O3/c1-3-36-27(35)19-6-4-17(5-7-19)15-31-26(34)24-16(2)25(18-8-10-20(28)11-9-18)33(32-24)23-13-12-21(29)14-22(23)30/h4-14H,3,15H2,1-2H3,(H,31,34). The van der Waals surface area contributed by atoms with Crippen molar-refractivity contribution in [2.75, 3.05) is 6.61 Å². The fourth-order valence-electron chi connectivity index (χ4n) is 3.72. The number of halogens is 3. The Morgan fingerprint density at radius 3 is 2.25 bits per heavy atom. The first-order valence-electron chi connectivity index (χ1n) is 11.1. The van der Waals surface area contributed by atoms with Gasteiger partial charge in [0.2, 0.25) is 0 Å². The second kappa shape index (κ2) is 11.2. The molecule has 4 rings (SSSR count). The van der Waals surface area contributed by atoms with E-state index in [2.05, 4.69) is 10.4 Å². The van der Waals surface area contributed by atoms with Crippen molar-refractivity contribution in [1.29, 1.82) is 0 Å². The lowest BCUT2D eigenvalue weighted by Gasteiger charge is -2.11. The maximum absolute atomic E-state index is 13.2. The van der Waals surface area contributed by atoms with E-state index in [1.54, 1.807) is 66.2 Å². The summed E-state index contributed by atoms with van der Waals surface area (Å²) in [5.41, 5.74) is 4.33. The number of aromatic nitrogens is 2. The average Bonchev–Trinajstić information content (AvgIpc) is 3.20. The summed E-state index contributed by atoms with van der Waals surface area (Å²) >= 11 is 18.7. The van der Waals surface area contributed by atoms with Crippen molar-refractivity contribution < 1.29 is 14.3 Å². The number of rotatable bonds is 7. The molecule has 0 saturated carbocycles. The van der Waals surface area contributed by atoms with Crippen LogP contribution in [-0.2, 0) is 11.3 Å². The minimum Gasteiger partial charge on any atom is -0.462 e. The summed E-state index contributed by atoms with van der Waals surface area (Å²) in [6.45, 7) is 4.15. The molecule has 36 heavy (non-hydrogen) atoms. The Labute approximate surface area is 223 Å². The highest BCUT2D eigenvalue weighted by molar-refractivity contribution is 6.35. The van der Waals surface area contributed by atoms with Crippen LogP contribution in [-0.4, -0.2) is 28.3 Å². The van der Waals surface area contributed by atoms with Gasteiger partial charge in [0.25, 0.3) is 5.91 Å². The van der Waals surface area contributed by atoms with Crippen molar-refractivity contribution in [2.24, 2.45) is 0 Å². The zero-order valence-electron chi connectivity index (χ0n) is 19.5. The number of carbonyl (C=O) groups excluding carboxylic acids is 2. The summed E-state index contributed by atoms with van der Waals surface area (Å²) < 4.78 is 6.64. The summed E-state index contributed by atoms with van der Waals surface area (Å²) in [7, 11) is 0. The van der Waals surface area contributed by atoms with Gasteiger partial charge in [-0.1, -0.05) is 59.1 Å². The van der Waals surface area contributed by atoms with Gasteiger partial charge in [-0.05, 0) is 61.9 Å². The van der Waals surface area contributed by atoms with Crippen LogP contribution >= 0.6 is 34.8 Å². The molecule has 184 valence electrons. The number of esters is 1. The first kappa shape index (κ1) is 25.8. The van der Waals surface area contributed by atoms with E-state index >= 15 is 0 Å². The van der Waals surface area contributed by atoms with Crippen molar-refractivity contribution >= 4 is 46.7 Å². The fourth-order valence-corrected chi connectivity index (χ4v) is 4.34. The van der Waals surface area contributed by atoms with E-state index in [-0.39, 0.29) is 24.1 Å². The molecule has 1 amide bonds. The van der Waals surface area contributed by atoms with Gasteiger partial charge in [-0.25, -0.2) is 9.48 Å². The van der Waals surface area contributed by atoms with Gasteiger partial charge >= 0.3 is 5.97 Å². The maximum Gasteiger partial charge on any atom is 0.338 e. The van der Waals surface area contributed by atoms with Crippen LogP contribution in [0.5, 0.6) is 0 Å². The number of amides is 1. The van der Waals surface area contributed by atoms with Crippen molar-refractivity contribution in [2.45, 2.75) is 20.4 Å². The van der Waals surface area contributed by atoms with Crippen LogP contribution in [0.4, 0.5) is 0 Å². The first-order valence-corrected chi connectivity index (χ1v) is 12.3. The SMILES string of the molecule is CCOC(=O)c1ccc(CNC(=O)c2nn(-c3ccc(Cl)cc3Cl)c(-c3ccc(Cl)cc3)c2C)cc1. The molecule has 4 aromatic rings. The van der Waals surface area contributed by atoms with Crippen LogP contribution in [0.15, 0.2) is 66.7 Å². The highest BCUT2D eigenvalue weighted by Crippen LogP contribution is 2.33. The van der Waals surface area contributed by atoms with Gasteiger partial charge in [0.15, 0.2) is 5.69 Å². The minimum atomic E-state index is -0.384. The minimum absolute atomic E-state index is 0.256. The molecule has 1 N–H and O–H groups in total. The van der Waals surface area contributed by atoms with Gasteiger partial charge in [0.1, 0.15) is 0 Å². The first-order chi connectivity index (χ1) is 17.3. The quantitative estimate of drug-likeness (QED) is 0.257. The van der Waals surface area contributed by atoms with Gasteiger partial charge in [0.05, 0.1) is 28.6 Å². The topological polar surface area (TPSA) is 73.2 Å². The second-order valence-corrected chi connectivity index (χ2v) is 9.22. The van der Waals surface area contributed by atoms with E-state index in [0.29, 0.717) is 44.2 Å². The summed E-state index contributed by atoms with van der Waals surface area (Å²) in [5.74, 6) is -0.731. The molecule has 6 nitrogen and oxygen atoms in total. The Kier molecular flexibility index (Phi) is 7.99. The molecule has 1 aromatic heterocycles. The van der Waals surface area contributed by atoms with Crippen LogP contribution in [0, 0.1) is 6.92 Å². The smallest absolute Gasteiger partial charge is 0.338 e. The van der Waals surface area contributed by atoms with Gasteiger partial charge in [-0.2, -0.15) is 5.10 Å². The van der Waals surface area contributed by atoms with E-state index in [4.69, 9.17) is 39.5 Å². The maximum atomic E-state index is 13.2. The van der Waals surface area contributed by atoms with Gasteiger partial charge in [-0.15, -0.1) is 0 Å². The third kappa shape index (κ3) is 5.57. The molecule has 0 atom stereocenters. The lowest BCUT2D eigenvalue weighted by atomic mass is 10.1. The monoisotopic (exact) mass is 541 g/mol. The molecule has 0 fully saturated rings. The molecule has 0 spiro atoms. The van der Waals surface area contributed by atoms with Crippen LogP contribution in [0.2, 0.25) is 15.1 Å². The molecular weight excluding hydrogens is 521 g/mol. The zero-order valence-corrected chi connectivity index (χ0v) is 21.8. The van der Waals surface area contributed by atoms with Crippen LogP contribution in [0.1, 0.15) is 38.9 Å². The van der Waals surface area contributed by atoms with Crippen LogP contribution in [0.25, 0.3) is 16.9 Å². The van der Waals surface area contributed by atoms with Crippen LogP contribution in [0.3, 0.4) is 0 Å². The molecule has 0 aliphatic heterocycles. The van der Waals surface area contributed by atoms with E-state index in [1.165, 1.54) is 0 Å². The van der Waals surface area contributed by atoms with Gasteiger partial charge in [0, 0.05) is 27.7 Å². The molecular formula is C27H22Cl3N3O3. The van der Waals surface area contributed by atoms with E-state index in [9.17, 15) is 9.59 Å². The highest BCUT2D eigenvalue weighted by atomic mass is 35.5. The van der Waals surface area contributed by atoms with Gasteiger partial charge < -0.3 is 10.1 Å². The number of nitrogens with zero attached hydrogens (tertiary/aromatic N) is 2. The van der Waals surface area contributed by atoms with Crippen molar-refractivity contribution in [3.05, 3.63) is 104 Å². The number of ether oxygens (including phenoxy) is 1. The Bertz CT molecular complexity index is 1410. The predicted molar refractivity (Wildman–Crippen MR) is 142 cm³/mol. The number of carbonyl (C=O) groups is 2. The summed E-state index contributed by atoms with van der Waals surface area (Å²) in [4.78, 5) is 25.0. The molecule has 0 saturated heterocycles. The molecule has 0 aliphatic rings. The molecule has 0 unspecified atom stereocenters. The number of nitrogens with one attached hydrogen (secondary N) is 1. The molecule has 1 heterocycles. The van der Waals surface area contributed by atoms with E-state index < -0.39 is 0 Å². The van der Waals surface area contributed by atoms with Crippen LogP contribution < -0.4 is 5.32 Å². The predicted octanol–water partition coefficient (Wildman–Crippen LogP) is 6.91. The Balaban J connectivity index is 1.64. The second-order valence-electron chi connectivity index (χ2n) is 7.94. The summed E-state index contributed by atoms with van der Waals surface area (Å²) in [5, 5.41) is 9.01. The Morgan fingerprint density at radius 1 is 0.944 bits per heavy atom. The van der Waals surface area contributed by atoms with E-state index in [1.807, 2.05) is 19.1 Å². The van der Waals surface area contributed by atoms with Gasteiger partial charge in [-0.3, -0.25) is 4.79 Å². The largest absolute Gasteiger partial charge is 0.462 e. The zero-order chi connectivity index (χ0) is 25.8. The normalized spacial score (nSPS) is 10.8. The number of benzene rings is 3. The Morgan fingerprint density at radius 2 is 1.61 bits per heavy atom. The summed E-state index contributed by atoms with van der Waals surface area (Å²) in [6.07, 6.45) is 0. The summed E-state index contributed by atoms with van der Waals surface area (Å²) in [6, 6.07) is 19.2. The lowest BCUT2D eigenvalue weighted by Crippen LogP contribution is -2.24. The average molecular weight is 543 g/mol. The molecule has 0 bridgehead atoms. The molecule has 9 heteroatoms.